The highest BCUT2D eigenvalue weighted by Gasteiger charge is 2.32. The summed E-state index contributed by atoms with van der Waals surface area (Å²) in [5.41, 5.74) is 0.602. The van der Waals surface area contributed by atoms with Crippen LogP contribution < -0.4 is 15.4 Å². The summed E-state index contributed by atoms with van der Waals surface area (Å²) < 4.78 is 42.0. The van der Waals surface area contributed by atoms with Crippen LogP contribution in [0.4, 0.5) is 24.9 Å². The van der Waals surface area contributed by atoms with Crippen LogP contribution in [0.3, 0.4) is 0 Å². The number of β-amino-alcohol motifs (C(OH)–C–C–N with tert-alkyl or cyclic N) is 1. The molecule has 0 bridgehead atoms. The SMILES string of the molecule is N#Cc1cnc(NCc2ccccc2OC(F)(F)F)nc1NCC1CCC(N2CCC(O)C2)CC1. The van der Waals surface area contributed by atoms with Crippen molar-refractivity contribution in [3.63, 3.8) is 0 Å². The number of para-hydroxylation sites is 1. The fourth-order valence-electron chi connectivity index (χ4n) is 4.79. The highest BCUT2D eigenvalue weighted by molar-refractivity contribution is 5.53. The van der Waals surface area contributed by atoms with Crippen LogP contribution in [0.2, 0.25) is 0 Å². The van der Waals surface area contributed by atoms with Crippen molar-refractivity contribution in [2.45, 2.75) is 57.2 Å². The van der Waals surface area contributed by atoms with Crippen molar-refractivity contribution in [3.8, 4) is 11.8 Å². The van der Waals surface area contributed by atoms with E-state index in [1.54, 1.807) is 6.07 Å². The zero-order chi connectivity index (χ0) is 24.8. The number of hydrogen-bond acceptors (Lipinski definition) is 8. The van der Waals surface area contributed by atoms with Crippen molar-refractivity contribution in [1.29, 1.82) is 5.26 Å². The van der Waals surface area contributed by atoms with Crippen molar-refractivity contribution in [2.24, 2.45) is 5.92 Å². The number of likely N-dealkylation sites (tertiary alicyclic amines) is 1. The van der Waals surface area contributed by atoms with E-state index in [2.05, 4.69) is 36.3 Å². The number of rotatable bonds is 8. The van der Waals surface area contributed by atoms with Gasteiger partial charge in [0.05, 0.1) is 12.3 Å². The van der Waals surface area contributed by atoms with Gasteiger partial charge in [0.1, 0.15) is 23.2 Å². The van der Waals surface area contributed by atoms with Crippen LogP contribution in [-0.4, -0.2) is 58.1 Å². The van der Waals surface area contributed by atoms with Gasteiger partial charge in [0.25, 0.3) is 0 Å². The molecule has 2 heterocycles. The second kappa shape index (κ2) is 11.1. The van der Waals surface area contributed by atoms with E-state index in [1.165, 1.54) is 24.4 Å². The van der Waals surface area contributed by atoms with Crippen molar-refractivity contribution in [3.05, 3.63) is 41.6 Å². The topological polar surface area (TPSA) is 106 Å². The maximum Gasteiger partial charge on any atom is 0.573 e. The van der Waals surface area contributed by atoms with E-state index in [0.717, 1.165) is 45.2 Å². The predicted octanol–water partition coefficient (Wildman–Crippen LogP) is 3.90. The molecule has 2 aliphatic rings. The summed E-state index contributed by atoms with van der Waals surface area (Å²) in [5.74, 6) is 0.751. The summed E-state index contributed by atoms with van der Waals surface area (Å²) in [6.07, 6.45) is 1.53. The van der Waals surface area contributed by atoms with Gasteiger partial charge in [-0.3, -0.25) is 4.90 Å². The summed E-state index contributed by atoms with van der Waals surface area (Å²) in [6, 6.07) is 8.46. The Balaban J connectivity index is 1.32. The first-order valence-electron chi connectivity index (χ1n) is 11.8. The quantitative estimate of drug-likeness (QED) is 0.512. The Bertz CT molecular complexity index is 1040. The summed E-state index contributed by atoms with van der Waals surface area (Å²) in [5, 5.41) is 25.4. The summed E-state index contributed by atoms with van der Waals surface area (Å²) in [7, 11) is 0. The van der Waals surface area contributed by atoms with E-state index >= 15 is 0 Å². The van der Waals surface area contributed by atoms with E-state index < -0.39 is 6.36 Å². The third-order valence-electron chi connectivity index (χ3n) is 6.63. The molecule has 4 rings (SSSR count). The van der Waals surface area contributed by atoms with Gasteiger partial charge >= 0.3 is 6.36 Å². The predicted molar refractivity (Wildman–Crippen MR) is 124 cm³/mol. The number of aliphatic hydroxyl groups is 1. The molecule has 1 atom stereocenters. The molecule has 1 aliphatic carbocycles. The monoisotopic (exact) mass is 490 g/mol. The first-order valence-corrected chi connectivity index (χ1v) is 11.8. The van der Waals surface area contributed by atoms with Gasteiger partial charge in [0.2, 0.25) is 5.95 Å². The van der Waals surface area contributed by atoms with E-state index in [4.69, 9.17) is 0 Å². The molecule has 11 heteroatoms. The molecule has 35 heavy (non-hydrogen) atoms. The van der Waals surface area contributed by atoms with E-state index in [9.17, 15) is 23.5 Å². The number of nitriles is 1. The minimum atomic E-state index is -4.78. The molecule has 2 fully saturated rings. The molecule has 0 amide bonds. The number of aromatic nitrogens is 2. The number of anilines is 2. The van der Waals surface area contributed by atoms with Gasteiger partial charge in [-0.25, -0.2) is 4.98 Å². The van der Waals surface area contributed by atoms with Crippen LogP contribution in [0.15, 0.2) is 30.5 Å². The smallest absolute Gasteiger partial charge is 0.405 e. The molecule has 2 aromatic rings. The van der Waals surface area contributed by atoms with E-state index in [0.29, 0.717) is 35.4 Å². The van der Waals surface area contributed by atoms with Crippen LogP contribution in [0, 0.1) is 17.2 Å². The largest absolute Gasteiger partial charge is 0.573 e. The number of ether oxygens (including phenoxy) is 1. The molecule has 1 unspecified atom stereocenters. The van der Waals surface area contributed by atoms with Crippen molar-refractivity contribution in [2.75, 3.05) is 30.3 Å². The Kier molecular flexibility index (Phi) is 7.93. The van der Waals surface area contributed by atoms with Gasteiger partial charge in [-0.1, -0.05) is 18.2 Å². The zero-order valence-electron chi connectivity index (χ0n) is 19.3. The molecule has 1 aromatic heterocycles. The third-order valence-corrected chi connectivity index (χ3v) is 6.63. The normalized spacial score (nSPS) is 23.0. The molecule has 1 aromatic carbocycles. The highest BCUT2D eigenvalue weighted by atomic mass is 19.4. The molecular formula is C24H29F3N6O2. The zero-order valence-corrected chi connectivity index (χ0v) is 19.3. The highest BCUT2D eigenvalue weighted by Crippen LogP contribution is 2.30. The Hall–Kier alpha value is -3.10. The number of nitrogens with one attached hydrogen (secondary N) is 2. The number of nitrogens with zero attached hydrogens (tertiary/aromatic N) is 4. The molecule has 188 valence electrons. The first kappa shape index (κ1) is 25.0. The molecule has 0 radical (unpaired) electrons. The maximum absolute atomic E-state index is 12.7. The maximum atomic E-state index is 12.7. The molecule has 1 saturated carbocycles. The summed E-state index contributed by atoms with van der Waals surface area (Å²) >= 11 is 0. The lowest BCUT2D eigenvalue weighted by molar-refractivity contribution is -0.274. The van der Waals surface area contributed by atoms with Gasteiger partial charge in [0, 0.05) is 37.8 Å². The Labute approximate surface area is 202 Å². The van der Waals surface area contributed by atoms with Gasteiger partial charge in [-0.15, -0.1) is 13.2 Å². The number of alkyl halides is 3. The summed E-state index contributed by atoms with van der Waals surface area (Å²) in [4.78, 5) is 10.9. The number of benzene rings is 1. The second-order valence-electron chi connectivity index (χ2n) is 9.07. The Morgan fingerprint density at radius 2 is 1.91 bits per heavy atom. The number of hydrogen-bond donors (Lipinski definition) is 3. The fourth-order valence-corrected chi connectivity index (χ4v) is 4.79. The minimum Gasteiger partial charge on any atom is -0.405 e. The van der Waals surface area contributed by atoms with Crippen LogP contribution in [0.1, 0.15) is 43.2 Å². The first-order chi connectivity index (χ1) is 16.8. The van der Waals surface area contributed by atoms with Gasteiger partial charge in [-0.2, -0.15) is 10.2 Å². The molecular weight excluding hydrogens is 461 g/mol. The lowest BCUT2D eigenvalue weighted by atomic mass is 9.85. The Morgan fingerprint density at radius 1 is 1.14 bits per heavy atom. The van der Waals surface area contributed by atoms with Crippen LogP contribution in [0.25, 0.3) is 0 Å². The number of halogens is 3. The standard InChI is InChI=1S/C24H29F3N6O2/c25-24(26,27)35-21-4-2-1-3-17(21)13-30-23-31-14-18(11-28)22(32-23)29-12-16-5-7-19(8-6-16)33-10-9-20(34)15-33/h1-4,14,16,19-20,34H,5-10,12-13,15H2,(H2,29,30,31,32). The Morgan fingerprint density at radius 3 is 2.60 bits per heavy atom. The third kappa shape index (κ3) is 6.96. The lowest BCUT2D eigenvalue weighted by Crippen LogP contribution is -2.38. The van der Waals surface area contributed by atoms with E-state index in [-0.39, 0.29) is 24.3 Å². The number of aliphatic hydroxyl groups excluding tert-OH is 1. The van der Waals surface area contributed by atoms with Crippen molar-refractivity contribution in [1.82, 2.24) is 14.9 Å². The van der Waals surface area contributed by atoms with Gasteiger partial charge < -0.3 is 20.5 Å². The van der Waals surface area contributed by atoms with Crippen LogP contribution in [-0.2, 0) is 6.54 Å². The molecule has 1 saturated heterocycles. The molecule has 0 spiro atoms. The van der Waals surface area contributed by atoms with Crippen LogP contribution >= 0.6 is 0 Å². The molecule has 1 aliphatic heterocycles. The van der Waals surface area contributed by atoms with Crippen molar-refractivity contribution < 1.29 is 23.0 Å². The van der Waals surface area contributed by atoms with E-state index in [1.807, 2.05) is 0 Å². The van der Waals surface area contributed by atoms with Gasteiger partial charge in [0.15, 0.2) is 0 Å². The average Bonchev–Trinajstić information content (AvgIpc) is 3.28. The van der Waals surface area contributed by atoms with Gasteiger partial charge in [-0.05, 0) is 44.1 Å². The molecule has 8 nitrogen and oxygen atoms in total. The summed E-state index contributed by atoms with van der Waals surface area (Å²) in [6.45, 7) is 2.42. The second-order valence-corrected chi connectivity index (χ2v) is 9.07. The molecule has 3 N–H and O–H groups in total. The average molecular weight is 491 g/mol. The fraction of sp³-hybridized carbons (Fsp3) is 0.542. The lowest BCUT2D eigenvalue weighted by Gasteiger charge is -2.34. The van der Waals surface area contributed by atoms with Crippen LogP contribution in [0.5, 0.6) is 5.75 Å². The van der Waals surface area contributed by atoms with Crippen molar-refractivity contribution >= 4 is 11.8 Å². The minimum absolute atomic E-state index is 0.0206.